The third-order valence-corrected chi connectivity index (χ3v) is 3.92. The normalized spacial score (nSPS) is 16.8. The molecule has 21 heavy (non-hydrogen) atoms. The van der Waals surface area contributed by atoms with Gasteiger partial charge in [-0.1, -0.05) is 49.2 Å². The Balaban J connectivity index is 1.82. The lowest BCUT2D eigenvalue weighted by molar-refractivity contribution is 0.210. The molecule has 2 nitrogen and oxygen atoms in total. The van der Waals surface area contributed by atoms with Crippen LogP contribution in [0.2, 0.25) is 5.02 Å². The van der Waals surface area contributed by atoms with Gasteiger partial charge in [-0.15, -0.1) is 0 Å². The van der Waals surface area contributed by atoms with Crippen molar-refractivity contribution in [2.45, 2.75) is 25.9 Å². The summed E-state index contributed by atoms with van der Waals surface area (Å²) in [5.74, 6) is 0.157. The summed E-state index contributed by atoms with van der Waals surface area (Å²) in [6.45, 7) is 2.76. The van der Waals surface area contributed by atoms with E-state index in [0.29, 0.717) is 23.0 Å². The second-order valence-electron chi connectivity index (χ2n) is 5.24. The van der Waals surface area contributed by atoms with Crippen molar-refractivity contribution in [3.63, 3.8) is 0 Å². The number of anilines is 1. The Hall–Kier alpha value is -1.74. The Kier molecular flexibility index (Phi) is 4.02. The monoisotopic (exact) mass is 305 g/mol. The van der Waals surface area contributed by atoms with Crippen molar-refractivity contribution in [1.82, 2.24) is 0 Å². The smallest absolute Gasteiger partial charge is 0.162 e. The molecule has 1 aliphatic rings. The third kappa shape index (κ3) is 2.98. The van der Waals surface area contributed by atoms with Gasteiger partial charge in [-0.3, -0.25) is 0 Å². The van der Waals surface area contributed by atoms with Crippen molar-refractivity contribution < 1.29 is 9.13 Å². The molecule has 2 aromatic rings. The Morgan fingerprint density at radius 1 is 1.29 bits per heavy atom. The van der Waals surface area contributed by atoms with Gasteiger partial charge in [-0.2, -0.15) is 0 Å². The second-order valence-corrected chi connectivity index (χ2v) is 5.65. The van der Waals surface area contributed by atoms with Gasteiger partial charge in [0, 0.05) is 6.07 Å². The summed E-state index contributed by atoms with van der Waals surface area (Å²) in [6, 6.07) is 11.1. The van der Waals surface area contributed by atoms with Crippen LogP contribution >= 0.6 is 11.6 Å². The first-order valence-corrected chi connectivity index (χ1v) is 7.53. The van der Waals surface area contributed by atoms with E-state index >= 15 is 0 Å². The lowest BCUT2D eigenvalue weighted by Crippen LogP contribution is -2.24. The molecule has 110 valence electrons. The molecule has 0 radical (unpaired) electrons. The summed E-state index contributed by atoms with van der Waals surface area (Å²) in [6.07, 6.45) is 2.10. The van der Waals surface area contributed by atoms with Crippen molar-refractivity contribution in [2.75, 3.05) is 11.9 Å². The number of hydrogen-bond acceptors (Lipinski definition) is 2. The molecular weight excluding hydrogens is 289 g/mol. The lowest BCUT2D eigenvalue weighted by Gasteiger charge is -2.28. The fraction of sp³-hybridized carbons (Fsp3) is 0.294. The highest BCUT2D eigenvalue weighted by Gasteiger charge is 2.23. The summed E-state index contributed by atoms with van der Waals surface area (Å²) < 4.78 is 19.3. The topological polar surface area (TPSA) is 21.3 Å². The van der Waals surface area contributed by atoms with E-state index in [0.717, 1.165) is 18.4 Å². The van der Waals surface area contributed by atoms with Crippen LogP contribution in [0.4, 0.5) is 10.1 Å². The molecule has 0 amide bonds. The van der Waals surface area contributed by atoms with Gasteiger partial charge in [-0.05, 0) is 23.6 Å². The van der Waals surface area contributed by atoms with E-state index in [1.807, 2.05) is 0 Å². The Labute approximate surface area is 128 Å². The van der Waals surface area contributed by atoms with E-state index in [1.54, 1.807) is 0 Å². The molecule has 2 aromatic carbocycles. The van der Waals surface area contributed by atoms with Gasteiger partial charge in [0.25, 0.3) is 0 Å². The predicted octanol–water partition coefficient (Wildman–Crippen LogP) is 4.98. The van der Waals surface area contributed by atoms with Gasteiger partial charge >= 0.3 is 0 Å². The minimum Gasteiger partial charge on any atom is -0.480 e. The number of benzene rings is 2. The van der Waals surface area contributed by atoms with Crippen LogP contribution in [0.1, 0.15) is 30.6 Å². The molecule has 0 saturated carbocycles. The molecule has 0 spiro atoms. The maximum absolute atomic E-state index is 13.3. The summed E-state index contributed by atoms with van der Waals surface area (Å²) in [5, 5.41) is 3.48. The molecule has 4 heteroatoms. The molecule has 1 heterocycles. The molecule has 0 fully saturated rings. The number of ether oxygens (including phenoxy) is 1. The third-order valence-electron chi connectivity index (χ3n) is 3.64. The highest BCUT2D eigenvalue weighted by atomic mass is 35.5. The number of hydrogen-bond donors (Lipinski definition) is 1. The van der Waals surface area contributed by atoms with E-state index in [2.05, 4.69) is 36.5 Å². The Bertz CT molecular complexity index is 642. The van der Waals surface area contributed by atoms with Crippen LogP contribution in [0.25, 0.3) is 0 Å². The van der Waals surface area contributed by atoms with Crippen LogP contribution in [0.3, 0.4) is 0 Å². The minimum atomic E-state index is -0.364. The summed E-state index contributed by atoms with van der Waals surface area (Å²) in [7, 11) is 0. The summed E-state index contributed by atoms with van der Waals surface area (Å²) in [5.41, 5.74) is 3.03. The van der Waals surface area contributed by atoms with E-state index in [1.165, 1.54) is 17.7 Å². The SMILES string of the molecule is CCCc1ccc(C2CNc3cc(F)cc(Cl)c3O2)cc1. The first-order valence-electron chi connectivity index (χ1n) is 7.15. The van der Waals surface area contributed by atoms with Gasteiger partial charge in [0.15, 0.2) is 5.75 Å². The molecule has 1 atom stereocenters. The fourth-order valence-electron chi connectivity index (χ4n) is 2.57. The van der Waals surface area contributed by atoms with Crippen molar-refractivity contribution in [2.24, 2.45) is 0 Å². The quantitative estimate of drug-likeness (QED) is 0.863. The molecule has 1 aliphatic heterocycles. The van der Waals surface area contributed by atoms with Gasteiger partial charge < -0.3 is 10.1 Å². The van der Waals surface area contributed by atoms with Crippen LogP contribution < -0.4 is 10.1 Å². The second kappa shape index (κ2) is 5.94. The zero-order valence-corrected chi connectivity index (χ0v) is 12.6. The number of rotatable bonds is 3. The fourth-order valence-corrected chi connectivity index (χ4v) is 2.82. The van der Waals surface area contributed by atoms with Crippen LogP contribution in [-0.4, -0.2) is 6.54 Å². The van der Waals surface area contributed by atoms with Gasteiger partial charge in [0.05, 0.1) is 17.3 Å². The number of nitrogens with one attached hydrogen (secondary N) is 1. The zero-order chi connectivity index (χ0) is 14.8. The summed E-state index contributed by atoms with van der Waals surface area (Å²) in [4.78, 5) is 0. The Morgan fingerprint density at radius 2 is 2.05 bits per heavy atom. The average molecular weight is 306 g/mol. The highest BCUT2D eigenvalue weighted by Crippen LogP contribution is 2.40. The Morgan fingerprint density at radius 3 is 2.76 bits per heavy atom. The van der Waals surface area contributed by atoms with Crippen molar-refractivity contribution in [1.29, 1.82) is 0 Å². The van der Waals surface area contributed by atoms with Crippen LogP contribution in [0.15, 0.2) is 36.4 Å². The van der Waals surface area contributed by atoms with Gasteiger partial charge in [-0.25, -0.2) is 4.39 Å². The van der Waals surface area contributed by atoms with E-state index in [9.17, 15) is 4.39 Å². The molecule has 3 rings (SSSR count). The molecule has 0 saturated heterocycles. The molecule has 0 aromatic heterocycles. The lowest BCUT2D eigenvalue weighted by atomic mass is 10.0. The van der Waals surface area contributed by atoms with Gasteiger partial charge in [0.2, 0.25) is 0 Å². The maximum Gasteiger partial charge on any atom is 0.162 e. The largest absolute Gasteiger partial charge is 0.480 e. The van der Waals surface area contributed by atoms with Crippen molar-refractivity contribution in [3.05, 3.63) is 58.4 Å². The first kappa shape index (κ1) is 14.2. The highest BCUT2D eigenvalue weighted by molar-refractivity contribution is 6.32. The number of halogens is 2. The minimum absolute atomic E-state index is 0.115. The maximum atomic E-state index is 13.3. The molecule has 0 bridgehead atoms. The van der Waals surface area contributed by atoms with Crippen LogP contribution in [0, 0.1) is 5.82 Å². The standard InChI is InChI=1S/C17H17ClFNO/c1-2-3-11-4-6-12(7-5-11)16-10-20-15-9-13(19)8-14(18)17(15)21-16/h4-9,16,20H,2-3,10H2,1H3. The van der Waals surface area contributed by atoms with E-state index in [-0.39, 0.29) is 11.9 Å². The molecular formula is C17H17ClFNO. The zero-order valence-electron chi connectivity index (χ0n) is 11.8. The summed E-state index contributed by atoms with van der Waals surface area (Å²) >= 11 is 6.06. The number of fused-ring (bicyclic) bond motifs is 1. The van der Waals surface area contributed by atoms with Gasteiger partial charge in [0.1, 0.15) is 11.9 Å². The molecule has 1 N–H and O–H groups in total. The first-order chi connectivity index (χ1) is 10.2. The van der Waals surface area contributed by atoms with Crippen molar-refractivity contribution >= 4 is 17.3 Å². The van der Waals surface area contributed by atoms with E-state index in [4.69, 9.17) is 16.3 Å². The van der Waals surface area contributed by atoms with Crippen LogP contribution in [0.5, 0.6) is 5.75 Å². The number of aryl methyl sites for hydroxylation is 1. The molecule has 1 unspecified atom stereocenters. The average Bonchev–Trinajstić information content (AvgIpc) is 2.48. The van der Waals surface area contributed by atoms with Crippen LogP contribution in [-0.2, 0) is 6.42 Å². The van der Waals surface area contributed by atoms with E-state index < -0.39 is 0 Å². The molecule has 0 aliphatic carbocycles. The van der Waals surface area contributed by atoms with Crippen molar-refractivity contribution in [3.8, 4) is 5.75 Å². The predicted molar refractivity (Wildman–Crippen MR) is 83.7 cm³/mol.